The summed E-state index contributed by atoms with van der Waals surface area (Å²) in [4.78, 5) is 14.9. The Labute approximate surface area is 236 Å². The normalized spacial score (nSPS) is 32.7. The van der Waals surface area contributed by atoms with Crippen LogP contribution < -0.4 is 11.1 Å². The molecule has 9 heteroatoms. The van der Waals surface area contributed by atoms with E-state index in [0.29, 0.717) is 57.2 Å². The number of halogens is 2. The van der Waals surface area contributed by atoms with Gasteiger partial charge in [0, 0.05) is 50.9 Å². The number of ether oxygens (including phenoxy) is 1. The Morgan fingerprint density at radius 3 is 2.85 bits per heavy atom. The van der Waals surface area contributed by atoms with Gasteiger partial charge in [-0.1, -0.05) is 23.7 Å². The zero-order chi connectivity index (χ0) is 27.7. The highest BCUT2D eigenvalue weighted by Crippen LogP contribution is 2.62. The minimum atomic E-state index is -1.46. The maximum absolute atomic E-state index is 15.2. The lowest BCUT2D eigenvalue weighted by Gasteiger charge is -2.43. The first-order chi connectivity index (χ1) is 18.7. The van der Waals surface area contributed by atoms with Gasteiger partial charge >= 0.3 is 6.03 Å². The molecule has 4 saturated carbocycles. The van der Waals surface area contributed by atoms with E-state index in [-0.39, 0.29) is 35.0 Å². The number of hydrogen-bond acceptors (Lipinski definition) is 5. The predicted octanol–water partition coefficient (Wildman–Crippen LogP) is 4.28. The predicted molar refractivity (Wildman–Crippen MR) is 149 cm³/mol. The van der Waals surface area contributed by atoms with Crippen LogP contribution in [0.25, 0.3) is 0 Å². The molecule has 5 aliphatic rings. The number of urea groups is 1. The number of carbonyl (C=O) groups excluding carboxylic acids is 1. The molecular weight excluding hydrogens is 521 g/mol. The lowest BCUT2D eigenvalue weighted by molar-refractivity contribution is -0.0587. The molecule has 7 nitrogen and oxygen atoms in total. The molecule has 1 aromatic rings. The van der Waals surface area contributed by atoms with Gasteiger partial charge in [-0.15, -0.1) is 0 Å². The second-order valence-corrected chi connectivity index (χ2v) is 13.1. The Kier molecular flexibility index (Phi) is 9.08. The van der Waals surface area contributed by atoms with Gasteiger partial charge in [0.25, 0.3) is 0 Å². The number of aliphatic hydroxyl groups excluding tert-OH is 1. The number of likely N-dealkylation sites (tertiary alicyclic amines) is 1. The van der Waals surface area contributed by atoms with E-state index in [1.54, 1.807) is 24.1 Å². The second-order valence-electron chi connectivity index (χ2n) is 12.7. The van der Waals surface area contributed by atoms with Gasteiger partial charge in [0.1, 0.15) is 5.82 Å². The van der Waals surface area contributed by atoms with Crippen LogP contribution in [0.5, 0.6) is 0 Å². The number of piperidine rings is 1. The van der Waals surface area contributed by atoms with Gasteiger partial charge in [0.15, 0.2) is 0 Å². The van der Waals surface area contributed by atoms with Crippen molar-refractivity contribution >= 4 is 17.6 Å². The van der Waals surface area contributed by atoms with Crippen molar-refractivity contribution in [1.29, 1.82) is 0 Å². The Hall–Kier alpha value is -1.45. The third kappa shape index (κ3) is 5.82. The molecule has 5 unspecified atom stereocenters. The maximum atomic E-state index is 15.2. The van der Waals surface area contributed by atoms with Crippen molar-refractivity contribution in [3.63, 3.8) is 0 Å². The van der Waals surface area contributed by atoms with Gasteiger partial charge in [-0.25, -0.2) is 9.18 Å². The monoisotopic (exact) mass is 565 g/mol. The molecule has 0 aromatic heterocycles. The molecule has 6 rings (SSSR count). The number of nitrogens with zero attached hydrogens (tertiary/aromatic N) is 1. The van der Waals surface area contributed by atoms with Crippen LogP contribution in [0.4, 0.5) is 9.18 Å². The summed E-state index contributed by atoms with van der Waals surface area (Å²) in [6.45, 7) is 1.61. The quantitative estimate of drug-likeness (QED) is 0.300. The minimum Gasteiger partial charge on any atom is -0.391 e. The van der Waals surface area contributed by atoms with Gasteiger partial charge in [-0.05, 0) is 93.4 Å². The van der Waals surface area contributed by atoms with Gasteiger partial charge < -0.3 is 30.9 Å². The van der Waals surface area contributed by atoms with E-state index in [0.717, 1.165) is 18.3 Å². The lowest BCUT2D eigenvalue weighted by Crippen LogP contribution is -2.55. The van der Waals surface area contributed by atoms with Crippen molar-refractivity contribution in [1.82, 2.24) is 10.2 Å². The average Bonchev–Trinajstić information content (AvgIpc) is 3.36. The molecule has 218 valence electrons. The maximum Gasteiger partial charge on any atom is 0.317 e. The number of carbonyl (C=O) groups is 1. The van der Waals surface area contributed by atoms with Gasteiger partial charge in [0.2, 0.25) is 0 Å². The summed E-state index contributed by atoms with van der Waals surface area (Å²) < 4.78 is 20.3. The van der Waals surface area contributed by atoms with Crippen LogP contribution in [0.15, 0.2) is 18.2 Å². The number of nitrogens with two attached hydrogens (primary N) is 1. The second kappa shape index (κ2) is 12.2. The largest absolute Gasteiger partial charge is 0.391 e. The first-order valence-electron chi connectivity index (χ1n) is 14.8. The van der Waals surface area contributed by atoms with Crippen LogP contribution in [-0.2, 0) is 10.3 Å². The average molecular weight is 566 g/mol. The standard InChI is InChI=1S/C30H45ClFN3O4/c1-39-11-3-2-9-30(38,23-7-4-8-24(31)27(23)32)21-6-5-10-35(17-21)29(37)34-16-25(33)28(36)26-20-13-18-12-19(15-20)22(26)14-18/h4,7-8,18-22,25-26,28,36,38H,2-3,5-6,9-17,33H2,1H3,(H,34,37)/t18?,19?,20?,21-,22?,25-,26?,28-,30+/m1/s1. The highest BCUT2D eigenvalue weighted by atomic mass is 35.5. The molecule has 4 aliphatic carbocycles. The Bertz CT molecular complexity index is 1010. The van der Waals surface area contributed by atoms with Crippen molar-refractivity contribution in [2.45, 2.75) is 75.5 Å². The number of hydrogen-bond donors (Lipinski definition) is 4. The van der Waals surface area contributed by atoms with Crippen LogP contribution in [-0.4, -0.2) is 66.6 Å². The Morgan fingerprint density at radius 1 is 1.28 bits per heavy atom. The summed E-state index contributed by atoms with van der Waals surface area (Å²) in [6, 6.07) is 3.95. The molecule has 1 aromatic carbocycles. The fourth-order valence-corrected chi connectivity index (χ4v) is 8.81. The fourth-order valence-electron chi connectivity index (χ4n) is 8.63. The molecule has 9 atom stereocenters. The van der Waals surface area contributed by atoms with Crippen LogP contribution in [0, 0.1) is 41.3 Å². The number of rotatable bonds is 11. The topological polar surface area (TPSA) is 108 Å². The minimum absolute atomic E-state index is 0.0237. The van der Waals surface area contributed by atoms with Crippen LogP contribution in [0.3, 0.4) is 0 Å². The molecule has 0 radical (unpaired) electrons. The first-order valence-corrected chi connectivity index (χ1v) is 15.2. The highest BCUT2D eigenvalue weighted by Gasteiger charge is 2.56. The number of amides is 2. The molecule has 4 bridgehead atoms. The zero-order valence-corrected chi connectivity index (χ0v) is 23.8. The summed E-state index contributed by atoms with van der Waals surface area (Å²) in [5.41, 5.74) is 5.15. The summed E-state index contributed by atoms with van der Waals surface area (Å²) in [6.07, 6.45) is 7.45. The van der Waals surface area contributed by atoms with E-state index in [9.17, 15) is 15.0 Å². The molecule has 5 fully saturated rings. The van der Waals surface area contributed by atoms with Crippen molar-refractivity contribution < 1.29 is 24.1 Å². The van der Waals surface area contributed by atoms with Crippen molar-refractivity contribution in [3.8, 4) is 0 Å². The van der Waals surface area contributed by atoms with E-state index in [4.69, 9.17) is 22.1 Å². The zero-order valence-electron chi connectivity index (χ0n) is 23.0. The molecular formula is C30H45ClFN3O4. The molecule has 1 heterocycles. The third-order valence-corrected chi connectivity index (χ3v) is 10.7. The molecule has 5 N–H and O–H groups in total. The van der Waals surface area contributed by atoms with Gasteiger partial charge in [0.05, 0.1) is 16.7 Å². The number of unbranched alkanes of at least 4 members (excludes halogenated alkanes) is 1. The third-order valence-electron chi connectivity index (χ3n) is 10.4. The molecule has 1 saturated heterocycles. The fraction of sp³-hybridized carbons (Fsp3) is 0.767. The van der Waals surface area contributed by atoms with Crippen LogP contribution >= 0.6 is 11.6 Å². The molecule has 0 spiro atoms. The van der Waals surface area contributed by atoms with Crippen LogP contribution in [0.2, 0.25) is 5.02 Å². The summed E-state index contributed by atoms with van der Waals surface area (Å²) in [7, 11) is 1.63. The van der Waals surface area contributed by atoms with Crippen molar-refractivity contribution in [2.75, 3.05) is 33.4 Å². The van der Waals surface area contributed by atoms with Crippen LogP contribution in [0.1, 0.15) is 63.4 Å². The van der Waals surface area contributed by atoms with E-state index in [1.165, 1.54) is 31.7 Å². The molecule has 2 amide bonds. The van der Waals surface area contributed by atoms with E-state index in [2.05, 4.69) is 5.32 Å². The highest BCUT2D eigenvalue weighted by molar-refractivity contribution is 6.30. The smallest absolute Gasteiger partial charge is 0.317 e. The van der Waals surface area contributed by atoms with E-state index >= 15 is 4.39 Å². The van der Waals surface area contributed by atoms with E-state index < -0.39 is 23.6 Å². The van der Waals surface area contributed by atoms with Crippen molar-refractivity contribution in [2.24, 2.45) is 41.2 Å². The first kappa shape index (κ1) is 29.1. The number of nitrogens with one attached hydrogen (secondary N) is 1. The Morgan fingerprint density at radius 2 is 2.08 bits per heavy atom. The summed E-state index contributed by atoms with van der Waals surface area (Å²) >= 11 is 6.09. The molecule has 39 heavy (non-hydrogen) atoms. The lowest BCUT2D eigenvalue weighted by atomic mass is 9.72. The van der Waals surface area contributed by atoms with Crippen molar-refractivity contribution in [3.05, 3.63) is 34.6 Å². The van der Waals surface area contributed by atoms with Gasteiger partial charge in [-0.3, -0.25) is 0 Å². The number of benzene rings is 1. The molecule has 1 aliphatic heterocycles. The van der Waals surface area contributed by atoms with Gasteiger partial charge in [-0.2, -0.15) is 0 Å². The number of methoxy groups -OCH3 is 1. The SMILES string of the molecule is COCCCC[C@@](O)(c1cccc(Cl)c1F)[C@@H]1CCCN(C(=O)NC[C@@H](N)[C@@H](O)C2C3CC4CC(C3)C2C4)C1. The summed E-state index contributed by atoms with van der Waals surface area (Å²) in [5, 5.41) is 26.0. The number of aliphatic hydroxyl groups is 2. The Balaban J connectivity index is 1.21. The summed E-state index contributed by atoms with van der Waals surface area (Å²) in [5.74, 6) is 2.03. The van der Waals surface area contributed by atoms with E-state index in [1.807, 2.05) is 0 Å².